The summed E-state index contributed by atoms with van der Waals surface area (Å²) in [5, 5.41) is 10.9. The Morgan fingerprint density at radius 3 is 3.00 bits per heavy atom. The van der Waals surface area contributed by atoms with E-state index in [1.807, 2.05) is 0 Å². The number of carboxylic acid groups (broad SMARTS) is 1. The van der Waals surface area contributed by atoms with Gasteiger partial charge in [-0.1, -0.05) is 0 Å². The lowest BCUT2D eigenvalue weighted by Gasteiger charge is -2.17. The first kappa shape index (κ1) is 12.9. The van der Waals surface area contributed by atoms with E-state index in [0.29, 0.717) is 24.4 Å². The van der Waals surface area contributed by atoms with Gasteiger partial charge in [-0.2, -0.15) is 0 Å². The Morgan fingerprint density at radius 2 is 2.44 bits per heavy atom. The number of nitrogens with zero attached hydrogens (tertiary/aromatic N) is 2. The van der Waals surface area contributed by atoms with Gasteiger partial charge in [0.15, 0.2) is 12.0 Å². The number of hydrogen-bond donors (Lipinski definition) is 1. The number of aromatic nitrogens is 1. The maximum absolute atomic E-state index is 13.3. The van der Waals surface area contributed by atoms with E-state index < -0.39 is 12.3 Å². The Kier molecular flexibility index (Phi) is 3.90. The van der Waals surface area contributed by atoms with Crippen LogP contribution in [0.15, 0.2) is 5.38 Å². The molecule has 5 nitrogen and oxygen atoms in total. The van der Waals surface area contributed by atoms with Crippen molar-refractivity contribution in [3.05, 3.63) is 16.1 Å². The van der Waals surface area contributed by atoms with Gasteiger partial charge in [-0.25, -0.2) is 14.2 Å². The molecule has 2 rings (SSSR count). The highest BCUT2D eigenvalue weighted by Crippen LogP contribution is 2.20. The molecule has 0 radical (unpaired) electrons. The van der Waals surface area contributed by atoms with Crippen molar-refractivity contribution in [3.8, 4) is 0 Å². The third kappa shape index (κ3) is 2.84. The molecule has 7 heteroatoms. The van der Waals surface area contributed by atoms with E-state index in [0.717, 1.165) is 0 Å². The molecule has 1 saturated heterocycles. The van der Waals surface area contributed by atoms with Gasteiger partial charge in [-0.3, -0.25) is 4.79 Å². The number of carbonyl (C=O) groups excluding carboxylic acids is 1. The Morgan fingerprint density at radius 1 is 1.67 bits per heavy atom. The molecule has 1 atom stereocenters. The van der Waals surface area contributed by atoms with Crippen molar-refractivity contribution in [2.24, 2.45) is 0 Å². The average Bonchev–Trinajstić information content (AvgIpc) is 2.90. The number of carboxylic acids is 1. The monoisotopic (exact) mass is 272 g/mol. The molecule has 1 aliphatic rings. The maximum atomic E-state index is 13.3. The molecule has 1 aliphatic heterocycles. The molecule has 98 valence electrons. The number of aromatic carboxylic acids is 1. The number of carbonyl (C=O) groups is 2. The van der Waals surface area contributed by atoms with E-state index >= 15 is 0 Å². The van der Waals surface area contributed by atoms with Crippen LogP contribution in [0.1, 0.15) is 34.8 Å². The highest BCUT2D eigenvalue weighted by molar-refractivity contribution is 7.09. The van der Waals surface area contributed by atoms with Gasteiger partial charge in [0, 0.05) is 31.2 Å². The van der Waals surface area contributed by atoms with E-state index in [1.54, 1.807) is 0 Å². The summed E-state index contributed by atoms with van der Waals surface area (Å²) < 4.78 is 13.3. The van der Waals surface area contributed by atoms with Crippen LogP contribution in [0.4, 0.5) is 4.39 Å². The Bertz CT molecular complexity index is 463. The lowest BCUT2D eigenvalue weighted by Crippen LogP contribution is -2.31. The molecule has 1 aromatic rings. The normalized spacial score (nSPS) is 19.5. The summed E-state index contributed by atoms with van der Waals surface area (Å²) in [6.45, 7) is 0.363. The number of thiazole rings is 1. The van der Waals surface area contributed by atoms with Crippen LogP contribution < -0.4 is 0 Å². The number of rotatable bonds is 5. The second-order valence-corrected chi connectivity index (χ2v) is 5.04. The van der Waals surface area contributed by atoms with E-state index in [-0.39, 0.29) is 24.4 Å². The SMILES string of the molecule is O=C(O)c1csc(CCCN2C(=O)CCC2F)n1. The second kappa shape index (κ2) is 5.43. The van der Waals surface area contributed by atoms with E-state index in [9.17, 15) is 14.0 Å². The van der Waals surface area contributed by atoms with Gasteiger partial charge >= 0.3 is 5.97 Å². The summed E-state index contributed by atoms with van der Waals surface area (Å²) in [6.07, 6.45) is 0.553. The van der Waals surface area contributed by atoms with E-state index in [4.69, 9.17) is 5.11 Å². The van der Waals surface area contributed by atoms with Crippen LogP contribution in [0.3, 0.4) is 0 Å². The summed E-state index contributed by atoms with van der Waals surface area (Å²) in [6, 6.07) is 0. The maximum Gasteiger partial charge on any atom is 0.355 e. The minimum absolute atomic E-state index is 0.0376. The predicted octanol–water partition coefficient (Wildman–Crippen LogP) is 1.69. The van der Waals surface area contributed by atoms with Crippen molar-refractivity contribution >= 4 is 23.2 Å². The molecule has 2 heterocycles. The summed E-state index contributed by atoms with van der Waals surface area (Å²) in [5.41, 5.74) is 0.0376. The number of alkyl halides is 1. The Balaban J connectivity index is 1.81. The first-order valence-electron chi connectivity index (χ1n) is 5.69. The largest absolute Gasteiger partial charge is 0.476 e. The van der Waals surface area contributed by atoms with Gasteiger partial charge in [0.05, 0.1) is 5.01 Å². The van der Waals surface area contributed by atoms with Crippen LogP contribution in [0.2, 0.25) is 0 Å². The van der Waals surface area contributed by atoms with Crippen molar-refractivity contribution in [1.82, 2.24) is 9.88 Å². The first-order chi connectivity index (χ1) is 8.58. The quantitative estimate of drug-likeness (QED) is 0.828. The number of hydrogen-bond acceptors (Lipinski definition) is 4. The molecule has 0 spiro atoms. The number of amides is 1. The van der Waals surface area contributed by atoms with Crippen LogP contribution in [-0.4, -0.2) is 39.7 Å². The fraction of sp³-hybridized carbons (Fsp3) is 0.545. The predicted molar refractivity (Wildman–Crippen MR) is 63.2 cm³/mol. The van der Waals surface area contributed by atoms with Crippen molar-refractivity contribution < 1.29 is 19.1 Å². The van der Waals surface area contributed by atoms with E-state index in [1.165, 1.54) is 21.6 Å². The third-order valence-electron chi connectivity index (χ3n) is 2.82. The molecule has 1 unspecified atom stereocenters. The average molecular weight is 272 g/mol. The number of likely N-dealkylation sites (tertiary alicyclic amines) is 1. The summed E-state index contributed by atoms with van der Waals surface area (Å²) in [4.78, 5) is 27.1. The lowest BCUT2D eigenvalue weighted by molar-refractivity contribution is -0.130. The zero-order valence-corrected chi connectivity index (χ0v) is 10.5. The Labute approximate surface area is 107 Å². The van der Waals surface area contributed by atoms with Gasteiger partial charge in [0.25, 0.3) is 0 Å². The molecule has 0 aliphatic carbocycles. The van der Waals surface area contributed by atoms with Gasteiger partial charge in [0.2, 0.25) is 5.91 Å². The molecule has 18 heavy (non-hydrogen) atoms. The molecule has 1 fully saturated rings. The van der Waals surface area contributed by atoms with Gasteiger partial charge in [-0.05, 0) is 6.42 Å². The number of halogens is 1. The molecular formula is C11H13FN2O3S. The fourth-order valence-electron chi connectivity index (χ4n) is 1.89. The fourth-order valence-corrected chi connectivity index (χ4v) is 2.70. The molecule has 1 amide bonds. The van der Waals surface area contributed by atoms with Crippen molar-refractivity contribution in [3.63, 3.8) is 0 Å². The topological polar surface area (TPSA) is 70.5 Å². The minimum atomic E-state index is -1.16. The van der Waals surface area contributed by atoms with E-state index in [2.05, 4.69) is 4.98 Å². The summed E-state index contributed by atoms with van der Waals surface area (Å²) >= 11 is 1.27. The van der Waals surface area contributed by atoms with Crippen LogP contribution in [0, 0.1) is 0 Å². The van der Waals surface area contributed by atoms with Crippen LogP contribution in [0.5, 0.6) is 0 Å². The molecule has 0 saturated carbocycles. The molecule has 1 N–H and O–H groups in total. The molecule has 0 aromatic carbocycles. The highest BCUT2D eigenvalue weighted by atomic mass is 32.1. The standard InChI is InChI=1S/C11H13FN2O3S/c12-8-3-4-10(15)14(8)5-1-2-9-13-7(6-18-9)11(16)17/h6,8H,1-5H2,(H,16,17). The third-order valence-corrected chi connectivity index (χ3v) is 3.72. The second-order valence-electron chi connectivity index (χ2n) is 4.10. The molecule has 1 aromatic heterocycles. The van der Waals surface area contributed by atoms with Crippen molar-refractivity contribution in [2.75, 3.05) is 6.54 Å². The molecule has 0 bridgehead atoms. The van der Waals surface area contributed by atoms with Crippen molar-refractivity contribution in [1.29, 1.82) is 0 Å². The highest BCUT2D eigenvalue weighted by Gasteiger charge is 2.29. The zero-order chi connectivity index (χ0) is 13.1. The Hall–Kier alpha value is -1.50. The van der Waals surface area contributed by atoms with Gasteiger partial charge in [-0.15, -0.1) is 11.3 Å². The van der Waals surface area contributed by atoms with Crippen LogP contribution in [-0.2, 0) is 11.2 Å². The summed E-state index contributed by atoms with van der Waals surface area (Å²) in [7, 11) is 0. The zero-order valence-electron chi connectivity index (χ0n) is 9.63. The smallest absolute Gasteiger partial charge is 0.355 e. The van der Waals surface area contributed by atoms with Crippen molar-refractivity contribution in [2.45, 2.75) is 32.0 Å². The van der Waals surface area contributed by atoms with Gasteiger partial charge in [0.1, 0.15) is 0 Å². The number of aryl methyl sites for hydroxylation is 1. The summed E-state index contributed by atoms with van der Waals surface area (Å²) in [5.74, 6) is -1.19. The lowest BCUT2D eigenvalue weighted by atomic mass is 10.3. The van der Waals surface area contributed by atoms with Crippen LogP contribution in [0.25, 0.3) is 0 Å². The van der Waals surface area contributed by atoms with Gasteiger partial charge < -0.3 is 10.0 Å². The molecular weight excluding hydrogens is 259 g/mol. The first-order valence-corrected chi connectivity index (χ1v) is 6.57. The minimum Gasteiger partial charge on any atom is -0.476 e. The van der Waals surface area contributed by atoms with Crippen LogP contribution >= 0.6 is 11.3 Å².